The summed E-state index contributed by atoms with van der Waals surface area (Å²) in [7, 11) is 0. The normalized spacial score (nSPS) is 14.6. The molecule has 274 valence electrons. The van der Waals surface area contributed by atoms with Crippen molar-refractivity contribution in [2.75, 3.05) is 9.80 Å². The number of nitrogens with zero attached hydrogens (tertiary/aromatic N) is 2. The Balaban J connectivity index is 1.59. The average Bonchev–Trinajstić information content (AvgIpc) is 3.05. The fourth-order valence-corrected chi connectivity index (χ4v) is 8.13. The molecule has 2 heterocycles. The van der Waals surface area contributed by atoms with Crippen molar-refractivity contribution >= 4 is 57.2 Å². The summed E-state index contributed by atoms with van der Waals surface area (Å²) in [4.78, 5) is 5.15. The third-order valence-corrected chi connectivity index (χ3v) is 11.6. The van der Waals surface area contributed by atoms with Crippen LogP contribution >= 0.6 is 0 Å². The van der Waals surface area contributed by atoms with Crippen LogP contribution in [0.15, 0.2) is 97.1 Å². The van der Waals surface area contributed by atoms with Crippen molar-refractivity contribution in [1.29, 1.82) is 0 Å². The molecule has 0 bridgehead atoms. The lowest BCUT2D eigenvalue weighted by molar-refractivity contribution is 0.568. The zero-order valence-electron chi connectivity index (χ0n) is 35.2. The maximum absolute atomic E-state index is 2.58. The minimum atomic E-state index is 0.00193. The van der Waals surface area contributed by atoms with E-state index >= 15 is 0 Å². The number of hydrogen-bond acceptors (Lipinski definition) is 2. The zero-order valence-corrected chi connectivity index (χ0v) is 35.2. The quantitative estimate of drug-likeness (QED) is 0.166. The van der Waals surface area contributed by atoms with Gasteiger partial charge < -0.3 is 9.80 Å². The van der Waals surface area contributed by atoms with E-state index in [0.29, 0.717) is 0 Å². The van der Waals surface area contributed by atoms with Gasteiger partial charge in [-0.2, -0.15) is 0 Å². The van der Waals surface area contributed by atoms with Gasteiger partial charge in [-0.3, -0.25) is 0 Å². The molecule has 5 aromatic carbocycles. The number of hydrogen-bond donors (Lipinski definition) is 0. The third kappa shape index (κ3) is 6.53. The van der Waals surface area contributed by atoms with Gasteiger partial charge in [-0.1, -0.05) is 152 Å². The number of anilines is 6. The number of para-hydroxylation sites is 1. The molecule has 2 aliphatic rings. The molecule has 0 spiro atoms. The van der Waals surface area contributed by atoms with Crippen molar-refractivity contribution in [2.24, 2.45) is 0 Å². The predicted molar refractivity (Wildman–Crippen MR) is 234 cm³/mol. The second-order valence-electron chi connectivity index (χ2n) is 20.9. The fourth-order valence-electron chi connectivity index (χ4n) is 8.13. The molecule has 0 amide bonds. The second-order valence-corrected chi connectivity index (χ2v) is 20.9. The summed E-state index contributed by atoms with van der Waals surface area (Å²) in [6.45, 7) is 35.2. The van der Waals surface area contributed by atoms with Crippen LogP contribution in [0.2, 0.25) is 0 Å². The van der Waals surface area contributed by atoms with E-state index in [1.165, 1.54) is 78.3 Å². The van der Waals surface area contributed by atoms with Crippen molar-refractivity contribution in [2.45, 2.75) is 131 Å². The molecule has 3 heteroatoms. The van der Waals surface area contributed by atoms with E-state index in [9.17, 15) is 0 Å². The van der Waals surface area contributed by atoms with Gasteiger partial charge in [0.15, 0.2) is 0 Å². The molecule has 0 saturated carbocycles. The molecule has 0 aromatic heterocycles. The van der Waals surface area contributed by atoms with E-state index in [1.807, 2.05) is 0 Å². The Kier molecular flexibility index (Phi) is 8.50. The lowest BCUT2D eigenvalue weighted by Crippen LogP contribution is -2.61. The van der Waals surface area contributed by atoms with Gasteiger partial charge in [-0.15, -0.1) is 0 Å². The lowest BCUT2D eigenvalue weighted by atomic mass is 9.33. The average molecular weight is 701 g/mol. The summed E-state index contributed by atoms with van der Waals surface area (Å²) in [6.07, 6.45) is 0. The lowest BCUT2D eigenvalue weighted by Gasteiger charge is -2.45. The molecule has 2 aliphatic heterocycles. The topological polar surface area (TPSA) is 6.48 Å². The maximum atomic E-state index is 2.58. The van der Waals surface area contributed by atoms with Crippen LogP contribution < -0.4 is 26.2 Å². The van der Waals surface area contributed by atoms with Crippen molar-refractivity contribution < 1.29 is 0 Å². The highest BCUT2D eigenvalue weighted by atomic mass is 15.2. The first kappa shape index (κ1) is 37.1. The molecule has 0 unspecified atom stereocenters. The Labute approximate surface area is 321 Å². The Morgan fingerprint density at radius 1 is 0.340 bits per heavy atom. The number of benzene rings is 5. The monoisotopic (exact) mass is 700 g/mol. The molecule has 7 rings (SSSR count). The van der Waals surface area contributed by atoms with Crippen LogP contribution in [0.4, 0.5) is 34.1 Å². The molecule has 5 aromatic rings. The highest BCUT2D eigenvalue weighted by Gasteiger charge is 2.44. The van der Waals surface area contributed by atoms with Gasteiger partial charge in [0.1, 0.15) is 0 Å². The summed E-state index contributed by atoms with van der Waals surface area (Å²) in [5.74, 6) is 0. The Morgan fingerprint density at radius 3 is 1.13 bits per heavy atom. The van der Waals surface area contributed by atoms with Gasteiger partial charge in [0.25, 0.3) is 6.71 Å². The van der Waals surface area contributed by atoms with Gasteiger partial charge in [-0.05, 0) is 120 Å². The first-order valence-corrected chi connectivity index (χ1v) is 19.7. The SMILES string of the molecule is CC(C)(C)c1cc(N2c3ccccc3B3c4cc(C(C)(C)C)ccc4N(c4cc(C(C)(C)C)cc(C(C)(C)C)c4)c4cccc2c43)cc(C(C)(C)C)c1. The summed E-state index contributed by atoms with van der Waals surface area (Å²) in [5, 5.41) is 0. The summed E-state index contributed by atoms with van der Waals surface area (Å²) < 4.78 is 0. The zero-order chi connectivity index (χ0) is 38.6. The van der Waals surface area contributed by atoms with Crippen LogP contribution in [0.3, 0.4) is 0 Å². The third-order valence-electron chi connectivity index (χ3n) is 11.6. The highest BCUT2D eigenvalue weighted by Crippen LogP contribution is 2.47. The minimum Gasteiger partial charge on any atom is -0.311 e. The summed E-state index contributed by atoms with van der Waals surface area (Å²) in [6, 6.07) is 38.1. The Bertz CT molecular complexity index is 2140. The molecule has 0 fully saturated rings. The van der Waals surface area contributed by atoms with Crippen LogP contribution in [-0.2, 0) is 27.1 Å². The van der Waals surface area contributed by atoms with E-state index in [0.717, 1.165) is 0 Å². The van der Waals surface area contributed by atoms with Crippen LogP contribution in [0.1, 0.15) is 132 Å². The standard InChI is InChI=1S/C50H61BN2/c1-46(2,3)32-23-24-42-40(31-32)51-39-19-16-17-20-41(39)52(37-27-33(47(4,5)6)25-34(28-37)48(7,8)9)43-21-18-22-44(45(43)51)53(42)38-29-35(49(10,11)12)26-36(30-38)50(13,14)15/h16-31H,1-15H3. The van der Waals surface area contributed by atoms with Gasteiger partial charge in [-0.25, -0.2) is 0 Å². The minimum absolute atomic E-state index is 0.00193. The first-order chi connectivity index (χ1) is 24.4. The Hall–Kier alpha value is -4.24. The maximum Gasteiger partial charge on any atom is 0.252 e. The van der Waals surface area contributed by atoms with Gasteiger partial charge >= 0.3 is 0 Å². The van der Waals surface area contributed by atoms with Crippen LogP contribution in [-0.4, -0.2) is 6.71 Å². The predicted octanol–water partition coefficient (Wildman–Crippen LogP) is 12.3. The molecule has 2 nitrogen and oxygen atoms in total. The summed E-state index contributed by atoms with van der Waals surface area (Å²) in [5.41, 5.74) is 18.5. The molecular weight excluding hydrogens is 639 g/mol. The molecule has 53 heavy (non-hydrogen) atoms. The van der Waals surface area contributed by atoms with Crippen LogP contribution in [0, 0.1) is 0 Å². The molecule has 0 aliphatic carbocycles. The van der Waals surface area contributed by atoms with E-state index in [4.69, 9.17) is 0 Å². The van der Waals surface area contributed by atoms with E-state index < -0.39 is 0 Å². The van der Waals surface area contributed by atoms with E-state index in [2.05, 4.69) is 211 Å². The Morgan fingerprint density at radius 2 is 0.717 bits per heavy atom. The van der Waals surface area contributed by atoms with E-state index in [1.54, 1.807) is 0 Å². The molecule has 0 radical (unpaired) electrons. The highest BCUT2D eigenvalue weighted by molar-refractivity contribution is 7.00. The van der Waals surface area contributed by atoms with Gasteiger partial charge in [0.05, 0.1) is 0 Å². The number of rotatable bonds is 2. The van der Waals surface area contributed by atoms with Crippen LogP contribution in [0.5, 0.6) is 0 Å². The molecule has 0 saturated heterocycles. The smallest absolute Gasteiger partial charge is 0.252 e. The van der Waals surface area contributed by atoms with Crippen molar-refractivity contribution in [3.63, 3.8) is 0 Å². The molecule has 0 atom stereocenters. The largest absolute Gasteiger partial charge is 0.311 e. The second kappa shape index (κ2) is 12.1. The van der Waals surface area contributed by atoms with Crippen LogP contribution in [0.25, 0.3) is 0 Å². The van der Waals surface area contributed by atoms with Crippen molar-refractivity contribution in [3.05, 3.63) is 125 Å². The first-order valence-electron chi connectivity index (χ1n) is 19.7. The molecular formula is C50H61BN2. The molecule has 0 N–H and O–H groups in total. The summed E-state index contributed by atoms with van der Waals surface area (Å²) >= 11 is 0. The number of fused-ring (bicyclic) bond motifs is 4. The van der Waals surface area contributed by atoms with Crippen molar-refractivity contribution in [3.8, 4) is 0 Å². The van der Waals surface area contributed by atoms with E-state index in [-0.39, 0.29) is 33.8 Å². The van der Waals surface area contributed by atoms with Crippen molar-refractivity contribution in [1.82, 2.24) is 0 Å². The fraction of sp³-hybridized carbons (Fsp3) is 0.400. The van der Waals surface area contributed by atoms with Gasteiger partial charge in [0.2, 0.25) is 0 Å². The van der Waals surface area contributed by atoms with Gasteiger partial charge in [0, 0.05) is 34.1 Å².